The second-order valence-electron chi connectivity index (χ2n) is 8.91. The molecule has 35 heavy (non-hydrogen) atoms. The molecular formula is C24H29N7O4. The molecule has 2 saturated heterocycles. The molecule has 3 amide bonds. The Morgan fingerprint density at radius 2 is 1.29 bits per heavy atom. The van der Waals surface area contributed by atoms with E-state index < -0.39 is 11.8 Å². The van der Waals surface area contributed by atoms with Crippen molar-refractivity contribution < 1.29 is 19.5 Å². The first-order valence-corrected chi connectivity index (χ1v) is 11.9. The number of piperazine rings is 2. The van der Waals surface area contributed by atoms with Crippen molar-refractivity contribution in [2.45, 2.75) is 0 Å². The monoisotopic (exact) mass is 479 g/mol. The standard InChI is InChI=1S/C24H29N7O4/c32-16-15-27-7-9-28(10-8-27)20-5-6-21(26-25-20)29-11-13-30(14-12-29)22(33)17-31-23(34)18-3-1-2-4-19(18)24(31)35/h1-6,32H,7-17H2. The van der Waals surface area contributed by atoms with Crippen LogP contribution in [-0.4, -0.2) is 120 Å². The molecule has 4 heterocycles. The van der Waals surface area contributed by atoms with Crippen LogP contribution in [0.5, 0.6) is 0 Å². The van der Waals surface area contributed by atoms with Gasteiger partial charge in [-0.2, -0.15) is 0 Å². The lowest BCUT2D eigenvalue weighted by Gasteiger charge is -2.36. The van der Waals surface area contributed by atoms with Gasteiger partial charge in [0.15, 0.2) is 11.6 Å². The van der Waals surface area contributed by atoms with Crippen molar-refractivity contribution in [1.82, 2.24) is 24.9 Å². The predicted octanol–water partition coefficient (Wildman–Crippen LogP) is -0.464. The topological polar surface area (TPSA) is 113 Å². The number of nitrogens with zero attached hydrogens (tertiary/aromatic N) is 7. The third-order valence-electron chi connectivity index (χ3n) is 6.88. The molecule has 11 nitrogen and oxygen atoms in total. The zero-order valence-electron chi connectivity index (χ0n) is 19.5. The van der Waals surface area contributed by atoms with Gasteiger partial charge in [-0.25, -0.2) is 0 Å². The minimum absolute atomic E-state index is 0.177. The molecule has 1 aromatic carbocycles. The Hall–Kier alpha value is -3.57. The Kier molecular flexibility index (Phi) is 6.60. The van der Waals surface area contributed by atoms with Crippen molar-refractivity contribution >= 4 is 29.4 Å². The maximum Gasteiger partial charge on any atom is 0.262 e. The van der Waals surface area contributed by atoms with Crippen molar-refractivity contribution in [2.24, 2.45) is 0 Å². The van der Waals surface area contributed by atoms with Crippen LogP contribution < -0.4 is 9.80 Å². The van der Waals surface area contributed by atoms with Crippen LogP contribution in [0.25, 0.3) is 0 Å². The van der Waals surface area contributed by atoms with Crippen LogP contribution in [0.2, 0.25) is 0 Å². The number of β-amino-alcohol motifs (C(OH)–C–C–N with tert-alkyl or cyclic N) is 1. The molecule has 11 heteroatoms. The van der Waals surface area contributed by atoms with E-state index in [0.29, 0.717) is 43.9 Å². The van der Waals surface area contributed by atoms with Crippen molar-refractivity contribution in [3.8, 4) is 0 Å². The number of amides is 3. The molecule has 0 aliphatic carbocycles. The fourth-order valence-electron chi connectivity index (χ4n) is 4.80. The number of fused-ring (bicyclic) bond motifs is 1. The summed E-state index contributed by atoms with van der Waals surface area (Å²) in [6.45, 7) is 6.28. The van der Waals surface area contributed by atoms with Crippen LogP contribution in [-0.2, 0) is 4.79 Å². The normalized spacial score (nSPS) is 18.9. The summed E-state index contributed by atoms with van der Waals surface area (Å²) in [6, 6.07) is 10.6. The summed E-state index contributed by atoms with van der Waals surface area (Å²) in [4.78, 5) is 47.2. The molecule has 3 aliphatic rings. The Labute approximate surface area is 203 Å². The first-order valence-electron chi connectivity index (χ1n) is 11.9. The van der Waals surface area contributed by atoms with Gasteiger partial charge in [-0.3, -0.25) is 24.2 Å². The first kappa shape index (κ1) is 23.2. The lowest BCUT2D eigenvalue weighted by molar-refractivity contribution is -0.131. The van der Waals surface area contributed by atoms with E-state index in [1.54, 1.807) is 29.2 Å². The minimum atomic E-state index is -0.414. The molecule has 0 atom stereocenters. The number of imide groups is 1. The molecule has 5 rings (SSSR count). The summed E-state index contributed by atoms with van der Waals surface area (Å²) < 4.78 is 0. The van der Waals surface area contributed by atoms with Crippen LogP contribution in [0.1, 0.15) is 20.7 Å². The second kappa shape index (κ2) is 9.96. The zero-order chi connectivity index (χ0) is 24.4. The summed E-state index contributed by atoms with van der Waals surface area (Å²) >= 11 is 0. The highest BCUT2D eigenvalue weighted by Crippen LogP contribution is 2.23. The molecule has 2 aromatic rings. The highest BCUT2D eigenvalue weighted by Gasteiger charge is 2.37. The molecule has 184 valence electrons. The summed E-state index contributed by atoms with van der Waals surface area (Å²) in [5, 5.41) is 17.9. The number of hydrogen-bond acceptors (Lipinski definition) is 9. The molecule has 3 aliphatic heterocycles. The molecule has 0 saturated carbocycles. The van der Waals surface area contributed by atoms with Crippen molar-refractivity contribution in [3.63, 3.8) is 0 Å². The molecule has 0 unspecified atom stereocenters. The number of carbonyl (C=O) groups is 3. The fourth-order valence-corrected chi connectivity index (χ4v) is 4.80. The third-order valence-corrected chi connectivity index (χ3v) is 6.88. The lowest BCUT2D eigenvalue weighted by Crippen LogP contribution is -2.52. The maximum atomic E-state index is 12.8. The Morgan fingerprint density at radius 1 is 0.771 bits per heavy atom. The van der Waals surface area contributed by atoms with Crippen LogP contribution in [0.15, 0.2) is 36.4 Å². The molecule has 2 fully saturated rings. The van der Waals surface area contributed by atoms with Crippen LogP contribution in [0.3, 0.4) is 0 Å². The Bertz CT molecular complexity index is 1060. The maximum absolute atomic E-state index is 12.8. The van der Waals surface area contributed by atoms with E-state index in [-0.39, 0.29) is 19.1 Å². The van der Waals surface area contributed by atoms with Crippen molar-refractivity contribution in [3.05, 3.63) is 47.5 Å². The fraction of sp³-hybridized carbons (Fsp3) is 0.458. The van der Waals surface area contributed by atoms with Crippen molar-refractivity contribution in [2.75, 3.05) is 81.9 Å². The van der Waals surface area contributed by atoms with E-state index >= 15 is 0 Å². The Morgan fingerprint density at radius 3 is 1.77 bits per heavy atom. The SMILES string of the molecule is O=C(CN1C(=O)c2ccccc2C1=O)N1CCN(c2ccc(N3CCN(CCO)CC3)nn2)CC1. The van der Waals surface area contributed by atoms with Gasteiger partial charge in [-0.05, 0) is 24.3 Å². The van der Waals surface area contributed by atoms with E-state index in [4.69, 9.17) is 5.11 Å². The highest BCUT2D eigenvalue weighted by atomic mass is 16.3. The molecule has 1 N–H and O–H groups in total. The third kappa shape index (κ3) is 4.69. The molecule has 1 aromatic heterocycles. The summed E-state index contributed by atoms with van der Waals surface area (Å²) in [6.07, 6.45) is 0. The van der Waals surface area contributed by atoms with Gasteiger partial charge >= 0.3 is 0 Å². The summed E-state index contributed by atoms with van der Waals surface area (Å²) in [7, 11) is 0. The number of anilines is 2. The number of rotatable bonds is 6. The van der Waals surface area contributed by atoms with Gasteiger partial charge in [0.1, 0.15) is 6.54 Å². The number of aromatic nitrogens is 2. The van der Waals surface area contributed by atoms with Gasteiger partial charge in [-0.15, -0.1) is 10.2 Å². The van der Waals surface area contributed by atoms with E-state index in [1.165, 1.54) is 0 Å². The van der Waals surface area contributed by atoms with Gasteiger partial charge in [0.2, 0.25) is 5.91 Å². The lowest BCUT2D eigenvalue weighted by atomic mass is 10.1. The minimum Gasteiger partial charge on any atom is -0.395 e. The van der Waals surface area contributed by atoms with Gasteiger partial charge in [0.05, 0.1) is 17.7 Å². The summed E-state index contributed by atoms with van der Waals surface area (Å²) in [5.41, 5.74) is 0.702. The quantitative estimate of drug-likeness (QED) is 0.550. The number of carbonyl (C=O) groups excluding carboxylic acids is 3. The van der Waals surface area contributed by atoms with Crippen LogP contribution in [0, 0.1) is 0 Å². The number of aliphatic hydroxyl groups is 1. The second-order valence-corrected chi connectivity index (χ2v) is 8.91. The molecular weight excluding hydrogens is 450 g/mol. The molecule has 0 radical (unpaired) electrons. The van der Waals surface area contributed by atoms with Gasteiger partial charge in [0, 0.05) is 58.9 Å². The zero-order valence-corrected chi connectivity index (χ0v) is 19.5. The largest absolute Gasteiger partial charge is 0.395 e. The predicted molar refractivity (Wildman–Crippen MR) is 128 cm³/mol. The van der Waals surface area contributed by atoms with E-state index in [0.717, 1.165) is 42.7 Å². The van der Waals surface area contributed by atoms with Gasteiger partial charge in [-0.1, -0.05) is 12.1 Å². The first-order chi connectivity index (χ1) is 17.0. The van der Waals surface area contributed by atoms with Crippen LogP contribution >= 0.6 is 0 Å². The highest BCUT2D eigenvalue weighted by molar-refractivity contribution is 6.22. The average molecular weight is 480 g/mol. The van der Waals surface area contributed by atoms with E-state index in [2.05, 4.69) is 24.9 Å². The van der Waals surface area contributed by atoms with E-state index in [9.17, 15) is 14.4 Å². The number of hydrogen-bond donors (Lipinski definition) is 1. The van der Waals surface area contributed by atoms with Gasteiger partial charge in [0.25, 0.3) is 11.8 Å². The summed E-state index contributed by atoms with van der Waals surface area (Å²) in [5.74, 6) is 0.540. The number of aliphatic hydroxyl groups excluding tert-OH is 1. The number of benzene rings is 1. The van der Waals surface area contributed by atoms with Crippen molar-refractivity contribution in [1.29, 1.82) is 0 Å². The molecule has 0 spiro atoms. The average Bonchev–Trinajstić information content (AvgIpc) is 3.14. The smallest absolute Gasteiger partial charge is 0.262 e. The van der Waals surface area contributed by atoms with Crippen LogP contribution in [0.4, 0.5) is 11.6 Å². The van der Waals surface area contributed by atoms with E-state index in [1.807, 2.05) is 12.1 Å². The van der Waals surface area contributed by atoms with Gasteiger partial charge < -0.3 is 19.8 Å². The Balaban J connectivity index is 1.12. The molecule has 0 bridgehead atoms.